The summed E-state index contributed by atoms with van der Waals surface area (Å²) in [6, 6.07) is 17.1. The average molecular weight is 305 g/mol. The molecule has 3 rings (SSSR count). The predicted molar refractivity (Wildman–Crippen MR) is 102 cm³/mol. The van der Waals surface area contributed by atoms with Crippen LogP contribution in [0.3, 0.4) is 0 Å². The molecule has 0 saturated carbocycles. The molecule has 0 bridgehead atoms. The van der Waals surface area contributed by atoms with Gasteiger partial charge in [-0.05, 0) is 44.0 Å². The van der Waals surface area contributed by atoms with Crippen LogP contribution in [-0.2, 0) is 13.0 Å². The number of likely N-dealkylation sites (N-methyl/N-ethyl adjacent to an activating group) is 1. The van der Waals surface area contributed by atoms with Crippen LogP contribution in [0.25, 0.3) is 6.08 Å². The highest BCUT2D eigenvalue weighted by atomic mass is 15.1. The first-order chi connectivity index (χ1) is 11.2. The molecule has 0 spiro atoms. The summed E-state index contributed by atoms with van der Waals surface area (Å²) in [6.07, 6.45) is 9.37. The van der Waals surface area contributed by atoms with E-state index >= 15 is 0 Å². The van der Waals surface area contributed by atoms with Gasteiger partial charge in [0.1, 0.15) is 0 Å². The third-order valence-electron chi connectivity index (χ3n) is 3.96. The second-order valence-corrected chi connectivity index (χ2v) is 6.06. The molecule has 0 saturated heterocycles. The van der Waals surface area contributed by atoms with Gasteiger partial charge < -0.3 is 4.90 Å². The topological polar surface area (TPSA) is 3.24 Å². The van der Waals surface area contributed by atoms with Gasteiger partial charge in [0.05, 0.1) is 0 Å². The Balaban J connectivity index is 0.000000168. The summed E-state index contributed by atoms with van der Waals surface area (Å²) < 4.78 is 0. The number of rotatable bonds is 2. The third kappa shape index (κ3) is 5.88. The summed E-state index contributed by atoms with van der Waals surface area (Å²) in [4.78, 5) is 2.38. The molecule has 0 amide bonds. The first kappa shape index (κ1) is 17.2. The molecule has 0 unspecified atom stereocenters. The maximum absolute atomic E-state index is 2.38. The van der Waals surface area contributed by atoms with Gasteiger partial charge in [-0.3, -0.25) is 0 Å². The zero-order valence-electron chi connectivity index (χ0n) is 14.5. The summed E-state index contributed by atoms with van der Waals surface area (Å²) >= 11 is 0. The average Bonchev–Trinajstić information content (AvgIpc) is 2.56. The fourth-order valence-electron chi connectivity index (χ4n) is 2.67. The number of hydrogen-bond acceptors (Lipinski definition) is 1. The van der Waals surface area contributed by atoms with Crippen molar-refractivity contribution in [1.29, 1.82) is 0 Å². The number of allylic oxidation sites excluding steroid dienone is 3. The zero-order valence-corrected chi connectivity index (χ0v) is 14.5. The van der Waals surface area contributed by atoms with Gasteiger partial charge in [0.2, 0.25) is 0 Å². The molecule has 120 valence electrons. The standard InChI is InChI=1S/C11H15N.C11H12/c1-9-3-4-10-5-6-12(2)8-11(10)7-9;1-2-3-5-8-11-9-6-4-7-10-11/h3-4,7H,5-6,8H2,1-2H3;2-10H,1H3/b;3-2-,8-5-. The van der Waals surface area contributed by atoms with Crippen molar-refractivity contribution in [1.82, 2.24) is 4.90 Å². The molecule has 2 aromatic carbocycles. The van der Waals surface area contributed by atoms with Crippen LogP contribution in [0.4, 0.5) is 0 Å². The maximum atomic E-state index is 2.38. The number of aryl methyl sites for hydroxylation is 1. The first-order valence-electron chi connectivity index (χ1n) is 8.30. The molecule has 0 N–H and O–H groups in total. The van der Waals surface area contributed by atoms with E-state index in [1.165, 1.54) is 29.7 Å². The Hall–Kier alpha value is -2.12. The van der Waals surface area contributed by atoms with Crippen LogP contribution < -0.4 is 0 Å². The molecule has 1 heteroatoms. The molecule has 0 atom stereocenters. The maximum Gasteiger partial charge on any atom is 0.0233 e. The van der Waals surface area contributed by atoms with Gasteiger partial charge in [-0.1, -0.05) is 78.4 Å². The van der Waals surface area contributed by atoms with E-state index in [-0.39, 0.29) is 0 Å². The molecule has 0 aliphatic carbocycles. The fraction of sp³-hybridized carbons (Fsp3) is 0.273. The Morgan fingerprint density at radius 1 is 0.957 bits per heavy atom. The largest absolute Gasteiger partial charge is 0.302 e. The van der Waals surface area contributed by atoms with Crippen LogP contribution in [-0.4, -0.2) is 18.5 Å². The second kappa shape index (κ2) is 9.12. The number of fused-ring (bicyclic) bond motifs is 1. The zero-order chi connectivity index (χ0) is 16.5. The van der Waals surface area contributed by atoms with E-state index < -0.39 is 0 Å². The van der Waals surface area contributed by atoms with E-state index in [4.69, 9.17) is 0 Å². The highest BCUT2D eigenvalue weighted by Crippen LogP contribution is 2.18. The Morgan fingerprint density at radius 3 is 2.48 bits per heavy atom. The minimum Gasteiger partial charge on any atom is -0.302 e. The summed E-state index contributed by atoms with van der Waals surface area (Å²) in [5.74, 6) is 0. The highest BCUT2D eigenvalue weighted by Gasteiger charge is 2.11. The van der Waals surface area contributed by atoms with Crippen molar-refractivity contribution < 1.29 is 0 Å². The molecule has 23 heavy (non-hydrogen) atoms. The van der Waals surface area contributed by atoms with Gasteiger partial charge in [-0.2, -0.15) is 0 Å². The predicted octanol–water partition coefficient (Wildman–Crippen LogP) is 5.26. The van der Waals surface area contributed by atoms with Crippen LogP contribution in [0, 0.1) is 6.92 Å². The minimum atomic E-state index is 1.12. The molecule has 1 nitrogen and oxygen atoms in total. The van der Waals surface area contributed by atoms with E-state index in [0.29, 0.717) is 0 Å². The molecule has 0 fully saturated rings. The van der Waals surface area contributed by atoms with E-state index in [0.717, 1.165) is 6.54 Å². The molecule has 0 radical (unpaired) electrons. The lowest BCUT2D eigenvalue weighted by atomic mass is 9.98. The molecule has 2 aromatic rings. The highest BCUT2D eigenvalue weighted by molar-refractivity contribution is 5.50. The van der Waals surface area contributed by atoms with E-state index in [1.54, 1.807) is 5.56 Å². The Morgan fingerprint density at radius 2 is 1.74 bits per heavy atom. The summed E-state index contributed by atoms with van der Waals surface area (Å²) in [5, 5.41) is 0. The van der Waals surface area contributed by atoms with Crippen molar-refractivity contribution in [2.24, 2.45) is 0 Å². The van der Waals surface area contributed by atoms with E-state index in [2.05, 4.69) is 55.3 Å². The van der Waals surface area contributed by atoms with Gasteiger partial charge in [0.15, 0.2) is 0 Å². The number of hydrogen-bond donors (Lipinski definition) is 0. The second-order valence-electron chi connectivity index (χ2n) is 6.06. The van der Waals surface area contributed by atoms with Crippen molar-refractivity contribution >= 4 is 6.08 Å². The lowest BCUT2D eigenvalue weighted by Crippen LogP contribution is -2.26. The lowest BCUT2D eigenvalue weighted by Gasteiger charge is -2.25. The van der Waals surface area contributed by atoms with Gasteiger partial charge in [0.25, 0.3) is 0 Å². The fourth-order valence-corrected chi connectivity index (χ4v) is 2.67. The lowest BCUT2D eigenvalue weighted by molar-refractivity contribution is 0.313. The Bertz CT molecular complexity index is 653. The molecule has 0 aromatic heterocycles. The smallest absolute Gasteiger partial charge is 0.0233 e. The van der Waals surface area contributed by atoms with Crippen molar-refractivity contribution in [3.63, 3.8) is 0 Å². The summed E-state index contributed by atoms with van der Waals surface area (Å²) in [5.41, 5.74) is 5.68. The summed E-state index contributed by atoms with van der Waals surface area (Å²) in [6.45, 7) is 6.50. The SMILES string of the molecule is C/C=C\C=C/c1ccccc1.Cc1ccc2c(c1)CN(C)CC2. The number of nitrogens with zero attached hydrogens (tertiary/aromatic N) is 1. The minimum absolute atomic E-state index is 1.12. The molecule has 1 aliphatic heterocycles. The van der Waals surface area contributed by atoms with E-state index in [9.17, 15) is 0 Å². The quantitative estimate of drug-likeness (QED) is 0.684. The van der Waals surface area contributed by atoms with E-state index in [1.807, 2.05) is 43.4 Å². The van der Waals surface area contributed by atoms with Crippen molar-refractivity contribution in [3.05, 3.63) is 89.0 Å². The van der Waals surface area contributed by atoms with Crippen LogP contribution in [0.15, 0.2) is 66.8 Å². The number of benzene rings is 2. The Kier molecular flexibility index (Phi) is 6.83. The van der Waals surface area contributed by atoms with Gasteiger partial charge in [-0.25, -0.2) is 0 Å². The van der Waals surface area contributed by atoms with Crippen LogP contribution in [0.5, 0.6) is 0 Å². The van der Waals surface area contributed by atoms with Crippen molar-refractivity contribution in [2.45, 2.75) is 26.8 Å². The Labute approximate surface area is 141 Å². The van der Waals surface area contributed by atoms with Gasteiger partial charge in [0, 0.05) is 13.1 Å². The van der Waals surface area contributed by atoms with Crippen LogP contribution in [0.1, 0.15) is 29.2 Å². The van der Waals surface area contributed by atoms with Gasteiger partial charge in [-0.15, -0.1) is 0 Å². The molecule has 1 aliphatic rings. The monoisotopic (exact) mass is 305 g/mol. The molecule has 1 heterocycles. The molecular weight excluding hydrogens is 278 g/mol. The molecular formula is C22H27N. The van der Waals surface area contributed by atoms with Crippen LogP contribution >= 0.6 is 0 Å². The first-order valence-corrected chi connectivity index (χ1v) is 8.30. The van der Waals surface area contributed by atoms with Crippen molar-refractivity contribution in [3.8, 4) is 0 Å². The van der Waals surface area contributed by atoms with Crippen LogP contribution in [0.2, 0.25) is 0 Å². The normalized spacial score (nSPS) is 14.6. The van der Waals surface area contributed by atoms with Crippen molar-refractivity contribution in [2.75, 3.05) is 13.6 Å². The van der Waals surface area contributed by atoms with Gasteiger partial charge >= 0.3 is 0 Å². The summed E-state index contributed by atoms with van der Waals surface area (Å²) in [7, 11) is 2.19. The third-order valence-corrected chi connectivity index (χ3v) is 3.96.